The standard InChI is InChI=1S/C28H38F3N3O4S/c1-5-25(27(36)32-20-21(2)3)33(18-16-22-11-7-6-8-12-22)26(35)15-10-17-34(39(4,37)38)24-14-9-13-23(19-24)28(29,30)31/h6-9,11-14,19,21,25H,5,10,15-18,20H2,1-4H3,(H,32,36)/t25-/m1/s1. The normalized spacial score (nSPS) is 12.7. The van der Waals surface area contributed by atoms with E-state index in [1.165, 1.54) is 11.0 Å². The van der Waals surface area contributed by atoms with Gasteiger partial charge in [0.1, 0.15) is 6.04 Å². The molecule has 0 unspecified atom stereocenters. The molecule has 0 saturated heterocycles. The van der Waals surface area contributed by atoms with Crippen LogP contribution in [-0.4, -0.2) is 57.1 Å². The SMILES string of the molecule is CC[C@H](C(=O)NCC(C)C)N(CCc1ccccc1)C(=O)CCCN(c1cccc(C(F)(F)F)c1)S(C)(=O)=O. The lowest BCUT2D eigenvalue weighted by molar-refractivity contribution is -0.140. The second kappa shape index (κ2) is 14.3. The quantitative estimate of drug-likeness (QED) is 0.352. The minimum absolute atomic E-state index is 0.0635. The van der Waals surface area contributed by atoms with Crippen LogP contribution >= 0.6 is 0 Å². The van der Waals surface area contributed by atoms with Gasteiger partial charge in [0.2, 0.25) is 21.8 Å². The van der Waals surface area contributed by atoms with Crippen LogP contribution in [0.5, 0.6) is 0 Å². The Balaban J connectivity index is 2.20. The summed E-state index contributed by atoms with van der Waals surface area (Å²) >= 11 is 0. The summed E-state index contributed by atoms with van der Waals surface area (Å²) in [4.78, 5) is 27.9. The van der Waals surface area contributed by atoms with E-state index < -0.39 is 27.8 Å². The summed E-state index contributed by atoms with van der Waals surface area (Å²) in [7, 11) is -3.92. The van der Waals surface area contributed by atoms with Gasteiger partial charge in [0.05, 0.1) is 17.5 Å². The molecule has 0 spiro atoms. The molecule has 216 valence electrons. The number of anilines is 1. The second-order valence-corrected chi connectivity index (χ2v) is 11.8. The third-order valence-electron chi connectivity index (χ3n) is 6.17. The first kappa shape index (κ1) is 32.1. The van der Waals surface area contributed by atoms with E-state index in [0.717, 1.165) is 34.3 Å². The monoisotopic (exact) mass is 569 g/mol. The number of alkyl halides is 3. The van der Waals surface area contributed by atoms with Crippen LogP contribution in [0.25, 0.3) is 0 Å². The number of hydrogen-bond donors (Lipinski definition) is 1. The predicted octanol–water partition coefficient (Wildman–Crippen LogP) is 4.87. The Kier molecular flexibility index (Phi) is 11.8. The van der Waals surface area contributed by atoms with Gasteiger partial charge in [-0.25, -0.2) is 8.42 Å². The zero-order valence-electron chi connectivity index (χ0n) is 22.9. The molecule has 39 heavy (non-hydrogen) atoms. The zero-order valence-corrected chi connectivity index (χ0v) is 23.7. The molecule has 11 heteroatoms. The molecule has 2 rings (SSSR count). The lowest BCUT2D eigenvalue weighted by atomic mass is 10.1. The van der Waals surface area contributed by atoms with E-state index in [1.54, 1.807) is 0 Å². The van der Waals surface area contributed by atoms with E-state index in [2.05, 4.69) is 5.32 Å². The Hall–Kier alpha value is -3.08. The Morgan fingerprint density at radius 2 is 1.67 bits per heavy atom. The number of rotatable bonds is 14. The van der Waals surface area contributed by atoms with E-state index in [4.69, 9.17) is 0 Å². The van der Waals surface area contributed by atoms with Crippen LogP contribution in [0.4, 0.5) is 18.9 Å². The van der Waals surface area contributed by atoms with Gasteiger partial charge >= 0.3 is 6.18 Å². The Morgan fingerprint density at radius 3 is 2.23 bits per heavy atom. The van der Waals surface area contributed by atoms with E-state index in [-0.39, 0.29) is 42.8 Å². The molecular formula is C28H38F3N3O4S. The van der Waals surface area contributed by atoms with E-state index >= 15 is 0 Å². The van der Waals surface area contributed by atoms with Crippen molar-refractivity contribution >= 4 is 27.5 Å². The van der Waals surface area contributed by atoms with Gasteiger partial charge in [0.25, 0.3) is 0 Å². The van der Waals surface area contributed by atoms with E-state index in [1.807, 2.05) is 51.1 Å². The number of nitrogens with zero attached hydrogens (tertiary/aromatic N) is 2. The number of amides is 2. The summed E-state index contributed by atoms with van der Waals surface area (Å²) in [5.41, 5.74) is -0.0873. The van der Waals surface area contributed by atoms with Crippen molar-refractivity contribution in [2.24, 2.45) is 5.92 Å². The van der Waals surface area contributed by atoms with Crippen molar-refractivity contribution in [2.75, 3.05) is 30.2 Å². The van der Waals surface area contributed by atoms with Crippen molar-refractivity contribution in [3.05, 3.63) is 65.7 Å². The van der Waals surface area contributed by atoms with Crippen LogP contribution in [0.2, 0.25) is 0 Å². The fraction of sp³-hybridized carbons (Fsp3) is 0.500. The summed E-state index contributed by atoms with van der Waals surface area (Å²) in [6.07, 6.45) is -2.81. The largest absolute Gasteiger partial charge is 0.416 e. The van der Waals surface area contributed by atoms with Crippen molar-refractivity contribution in [2.45, 2.75) is 58.7 Å². The van der Waals surface area contributed by atoms with Crippen molar-refractivity contribution < 1.29 is 31.2 Å². The first-order chi connectivity index (χ1) is 18.2. The average Bonchev–Trinajstić information content (AvgIpc) is 2.87. The molecule has 0 aliphatic heterocycles. The number of carbonyl (C=O) groups is 2. The maximum Gasteiger partial charge on any atom is 0.416 e. The van der Waals surface area contributed by atoms with Gasteiger partial charge < -0.3 is 10.2 Å². The molecule has 7 nitrogen and oxygen atoms in total. The average molecular weight is 570 g/mol. The van der Waals surface area contributed by atoms with E-state index in [0.29, 0.717) is 25.9 Å². The third kappa shape index (κ3) is 10.2. The van der Waals surface area contributed by atoms with Crippen LogP contribution in [0.15, 0.2) is 54.6 Å². The maximum absolute atomic E-state index is 13.4. The predicted molar refractivity (Wildman–Crippen MR) is 147 cm³/mol. The maximum atomic E-state index is 13.4. The Bertz CT molecular complexity index is 1190. The smallest absolute Gasteiger partial charge is 0.354 e. The van der Waals surface area contributed by atoms with Crippen LogP contribution in [0, 0.1) is 5.92 Å². The minimum Gasteiger partial charge on any atom is -0.354 e. The van der Waals surface area contributed by atoms with Crippen molar-refractivity contribution in [3.63, 3.8) is 0 Å². The number of carbonyl (C=O) groups excluding carboxylic acids is 2. The minimum atomic E-state index is -4.63. The molecule has 0 radical (unpaired) electrons. The highest BCUT2D eigenvalue weighted by atomic mass is 32.2. The van der Waals surface area contributed by atoms with Crippen molar-refractivity contribution in [1.29, 1.82) is 0 Å². The summed E-state index contributed by atoms with van der Waals surface area (Å²) in [5.74, 6) is -0.345. The molecule has 0 saturated carbocycles. The molecule has 1 atom stereocenters. The van der Waals surface area contributed by atoms with Crippen LogP contribution in [0.1, 0.15) is 51.2 Å². The molecule has 2 aromatic carbocycles. The van der Waals surface area contributed by atoms with Gasteiger partial charge in [0.15, 0.2) is 0 Å². The highest BCUT2D eigenvalue weighted by Gasteiger charge is 2.32. The topological polar surface area (TPSA) is 86.8 Å². The first-order valence-corrected chi connectivity index (χ1v) is 14.8. The molecule has 0 fully saturated rings. The Morgan fingerprint density at radius 1 is 1.00 bits per heavy atom. The lowest BCUT2D eigenvalue weighted by Crippen LogP contribution is -2.50. The summed E-state index contributed by atoms with van der Waals surface area (Å²) in [6.45, 7) is 6.33. The number of nitrogens with one attached hydrogen (secondary N) is 1. The summed E-state index contributed by atoms with van der Waals surface area (Å²) < 4.78 is 65.3. The molecule has 0 aliphatic carbocycles. The van der Waals surface area contributed by atoms with Crippen molar-refractivity contribution in [3.8, 4) is 0 Å². The highest BCUT2D eigenvalue weighted by molar-refractivity contribution is 7.92. The number of hydrogen-bond acceptors (Lipinski definition) is 4. The number of halogens is 3. The second-order valence-electron chi connectivity index (χ2n) is 9.87. The lowest BCUT2D eigenvalue weighted by Gasteiger charge is -2.31. The summed E-state index contributed by atoms with van der Waals surface area (Å²) in [6, 6.07) is 12.9. The molecule has 1 N–H and O–H groups in total. The molecule has 2 aromatic rings. The van der Waals surface area contributed by atoms with Crippen LogP contribution < -0.4 is 9.62 Å². The van der Waals surface area contributed by atoms with Crippen LogP contribution in [0.3, 0.4) is 0 Å². The molecule has 0 aromatic heterocycles. The van der Waals surface area contributed by atoms with Gasteiger partial charge in [-0.3, -0.25) is 13.9 Å². The van der Waals surface area contributed by atoms with Gasteiger partial charge in [-0.2, -0.15) is 13.2 Å². The van der Waals surface area contributed by atoms with Gasteiger partial charge in [0, 0.05) is 26.1 Å². The summed E-state index contributed by atoms with van der Waals surface area (Å²) in [5, 5.41) is 2.89. The van der Waals surface area contributed by atoms with Crippen LogP contribution in [-0.2, 0) is 32.2 Å². The van der Waals surface area contributed by atoms with Gasteiger partial charge in [-0.1, -0.05) is 57.2 Å². The van der Waals surface area contributed by atoms with E-state index in [9.17, 15) is 31.2 Å². The third-order valence-corrected chi connectivity index (χ3v) is 7.36. The highest BCUT2D eigenvalue weighted by Crippen LogP contribution is 2.32. The molecule has 0 bridgehead atoms. The fourth-order valence-corrected chi connectivity index (χ4v) is 5.12. The first-order valence-electron chi connectivity index (χ1n) is 13.0. The molecule has 2 amide bonds. The molecule has 0 heterocycles. The number of sulfonamides is 1. The van der Waals surface area contributed by atoms with Crippen molar-refractivity contribution in [1.82, 2.24) is 10.2 Å². The molecular weight excluding hydrogens is 531 g/mol. The van der Waals surface area contributed by atoms with Gasteiger partial charge in [-0.15, -0.1) is 0 Å². The van der Waals surface area contributed by atoms with Gasteiger partial charge in [-0.05, 0) is 48.9 Å². The fourth-order valence-electron chi connectivity index (χ4n) is 4.16. The number of benzene rings is 2. The molecule has 0 aliphatic rings. The Labute approximate surface area is 229 Å². The zero-order chi connectivity index (χ0) is 29.2.